The van der Waals surface area contributed by atoms with Crippen LogP contribution in [0.2, 0.25) is 0 Å². The fraction of sp³-hybridized carbons (Fsp3) is 0.167. The van der Waals surface area contributed by atoms with E-state index >= 15 is 0 Å². The average Bonchev–Trinajstić information content (AvgIpc) is 3.41. The molecule has 0 saturated carbocycles. The maximum atomic E-state index is 12.2. The van der Waals surface area contributed by atoms with Crippen molar-refractivity contribution >= 4 is 29.1 Å². The third-order valence-corrected chi connectivity index (χ3v) is 4.85. The van der Waals surface area contributed by atoms with Crippen LogP contribution >= 0.6 is 11.3 Å². The van der Waals surface area contributed by atoms with Gasteiger partial charge in [-0.2, -0.15) is 4.98 Å². The molecule has 3 heterocycles. The molecule has 1 aliphatic rings. The summed E-state index contributed by atoms with van der Waals surface area (Å²) in [5.74, 6) is -0.765. The van der Waals surface area contributed by atoms with Gasteiger partial charge in [0.25, 0.3) is 17.7 Å². The first-order chi connectivity index (χ1) is 13.1. The van der Waals surface area contributed by atoms with Crippen molar-refractivity contribution in [2.45, 2.75) is 13.0 Å². The van der Waals surface area contributed by atoms with E-state index in [4.69, 9.17) is 9.26 Å². The molecule has 0 N–H and O–H groups in total. The van der Waals surface area contributed by atoms with Crippen molar-refractivity contribution in [3.63, 3.8) is 0 Å². The molecule has 136 valence electrons. The molecule has 1 aromatic carbocycles. The summed E-state index contributed by atoms with van der Waals surface area (Å²) in [6.45, 7) is -0.214. The molecule has 9 heteroatoms. The Bertz CT molecular complexity index is 977. The van der Waals surface area contributed by atoms with E-state index in [0.717, 1.165) is 9.78 Å². The highest BCUT2D eigenvalue weighted by Crippen LogP contribution is 2.23. The smallest absolute Gasteiger partial charge is 0.308 e. The van der Waals surface area contributed by atoms with Crippen molar-refractivity contribution in [3.05, 3.63) is 58.8 Å². The lowest BCUT2D eigenvalue weighted by Gasteiger charge is -2.12. The SMILES string of the molecule is O=C(CCN1C(=O)c2ccccc2C1=O)OCc1nc(-c2cccs2)no1. The average molecular weight is 383 g/mol. The van der Waals surface area contributed by atoms with Crippen molar-refractivity contribution in [1.29, 1.82) is 0 Å². The second kappa shape index (κ2) is 7.12. The Balaban J connectivity index is 1.30. The van der Waals surface area contributed by atoms with Crippen LogP contribution in [0.5, 0.6) is 0 Å². The first-order valence-electron chi connectivity index (χ1n) is 8.11. The maximum Gasteiger partial charge on any atom is 0.308 e. The van der Waals surface area contributed by atoms with Gasteiger partial charge >= 0.3 is 5.97 Å². The minimum Gasteiger partial charge on any atom is -0.456 e. The number of rotatable bonds is 6. The number of hydrogen-bond acceptors (Lipinski definition) is 8. The molecule has 0 aliphatic carbocycles. The predicted octanol–water partition coefficient (Wildman–Crippen LogP) is 2.53. The first kappa shape index (κ1) is 17.1. The summed E-state index contributed by atoms with van der Waals surface area (Å²) in [7, 11) is 0. The van der Waals surface area contributed by atoms with E-state index in [1.54, 1.807) is 24.3 Å². The van der Waals surface area contributed by atoms with Gasteiger partial charge in [0.2, 0.25) is 5.82 Å². The number of aromatic nitrogens is 2. The van der Waals surface area contributed by atoms with Crippen LogP contribution in [-0.2, 0) is 16.1 Å². The minimum absolute atomic E-state index is 0.0462. The largest absolute Gasteiger partial charge is 0.456 e. The van der Waals surface area contributed by atoms with Crippen LogP contribution in [0.4, 0.5) is 0 Å². The van der Waals surface area contributed by atoms with E-state index in [9.17, 15) is 14.4 Å². The third-order valence-electron chi connectivity index (χ3n) is 3.98. The van der Waals surface area contributed by atoms with Crippen molar-refractivity contribution in [3.8, 4) is 10.7 Å². The topological polar surface area (TPSA) is 103 Å². The van der Waals surface area contributed by atoms with E-state index in [1.807, 2.05) is 17.5 Å². The number of thiophene rings is 1. The highest BCUT2D eigenvalue weighted by atomic mass is 32.1. The molecule has 0 fully saturated rings. The molecule has 27 heavy (non-hydrogen) atoms. The van der Waals surface area contributed by atoms with Gasteiger partial charge in [0.1, 0.15) is 0 Å². The van der Waals surface area contributed by atoms with Gasteiger partial charge in [0.05, 0.1) is 22.4 Å². The lowest BCUT2D eigenvalue weighted by Crippen LogP contribution is -2.32. The number of fused-ring (bicyclic) bond motifs is 1. The van der Waals surface area contributed by atoms with Gasteiger partial charge in [0, 0.05) is 6.54 Å². The standard InChI is InChI=1S/C18H13N3O5S/c22-15(25-10-14-19-16(20-26-14)13-6-3-9-27-13)7-8-21-17(23)11-4-1-2-5-12(11)18(21)24/h1-6,9H,7-8,10H2. The van der Waals surface area contributed by atoms with Crippen LogP contribution < -0.4 is 0 Å². The van der Waals surface area contributed by atoms with Gasteiger partial charge in [-0.3, -0.25) is 19.3 Å². The lowest BCUT2D eigenvalue weighted by atomic mass is 10.1. The predicted molar refractivity (Wildman–Crippen MR) is 93.8 cm³/mol. The molecule has 0 spiro atoms. The maximum absolute atomic E-state index is 12.2. The lowest BCUT2D eigenvalue weighted by molar-refractivity contribution is -0.145. The van der Waals surface area contributed by atoms with Gasteiger partial charge in [-0.25, -0.2) is 0 Å². The number of carbonyl (C=O) groups excluding carboxylic acids is 3. The minimum atomic E-state index is -0.567. The summed E-state index contributed by atoms with van der Waals surface area (Å²) in [5, 5.41) is 5.72. The highest BCUT2D eigenvalue weighted by molar-refractivity contribution is 7.13. The Hall–Kier alpha value is -3.33. The molecule has 0 bridgehead atoms. The number of imide groups is 1. The fourth-order valence-electron chi connectivity index (χ4n) is 2.68. The summed E-state index contributed by atoms with van der Waals surface area (Å²) in [5.41, 5.74) is 0.700. The number of ether oxygens (including phenoxy) is 1. The van der Waals surface area contributed by atoms with Crippen molar-refractivity contribution in [1.82, 2.24) is 15.0 Å². The number of esters is 1. The van der Waals surface area contributed by atoms with Crippen LogP contribution in [0.15, 0.2) is 46.3 Å². The molecule has 8 nitrogen and oxygen atoms in total. The first-order valence-corrected chi connectivity index (χ1v) is 8.99. The van der Waals surface area contributed by atoms with Crippen LogP contribution in [-0.4, -0.2) is 39.4 Å². The fourth-order valence-corrected chi connectivity index (χ4v) is 3.33. The summed E-state index contributed by atoms with van der Waals surface area (Å²) < 4.78 is 10.1. The van der Waals surface area contributed by atoms with Gasteiger partial charge in [0.15, 0.2) is 6.61 Å². The number of carbonyl (C=O) groups is 3. The molecular formula is C18H13N3O5S. The molecule has 1 aliphatic heterocycles. The van der Waals surface area contributed by atoms with Crippen molar-refractivity contribution in [2.24, 2.45) is 0 Å². The zero-order valence-corrected chi connectivity index (χ0v) is 14.8. The second-order valence-electron chi connectivity index (χ2n) is 5.71. The summed E-state index contributed by atoms with van der Waals surface area (Å²) in [6.07, 6.45) is -0.114. The third kappa shape index (κ3) is 3.36. The van der Waals surface area contributed by atoms with Crippen LogP contribution in [0, 0.1) is 0 Å². The Morgan fingerprint density at radius 3 is 2.52 bits per heavy atom. The molecule has 4 rings (SSSR count). The van der Waals surface area contributed by atoms with Crippen molar-refractivity contribution < 1.29 is 23.6 Å². The van der Waals surface area contributed by atoms with Crippen LogP contribution in [0.25, 0.3) is 10.7 Å². The zero-order valence-electron chi connectivity index (χ0n) is 14.0. The summed E-state index contributed by atoms with van der Waals surface area (Å²) in [6, 6.07) is 10.3. The molecule has 0 saturated heterocycles. The number of amides is 2. The Morgan fingerprint density at radius 2 is 1.85 bits per heavy atom. The van der Waals surface area contributed by atoms with Crippen molar-refractivity contribution in [2.75, 3.05) is 6.54 Å². The Labute approximate surface area is 157 Å². The van der Waals surface area contributed by atoms with Crippen LogP contribution in [0.1, 0.15) is 33.0 Å². The quantitative estimate of drug-likeness (QED) is 0.476. The number of nitrogens with zero attached hydrogens (tertiary/aromatic N) is 3. The molecule has 0 unspecified atom stereocenters. The van der Waals surface area contributed by atoms with E-state index in [1.165, 1.54) is 11.3 Å². The molecule has 2 amide bonds. The Morgan fingerprint density at radius 1 is 1.11 bits per heavy atom. The van der Waals surface area contributed by atoms with Gasteiger partial charge in [-0.1, -0.05) is 23.4 Å². The van der Waals surface area contributed by atoms with Gasteiger partial charge < -0.3 is 9.26 Å². The molecule has 0 radical (unpaired) electrons. The summed E-state index contributed by atoms with van der Waals surface area (Å²) >= 11 is 1.47. The van der Waals surface area contributed by atoms with Gasteiger partial charge in [-0.05, 0) is 23.6 Å². The summed E-state index contributed by atoms with van der Waals surface area (Å²) in [4.78, 5) is 42.5. The monoisotopic (exact) mass is 383 g/mol. The second-order valence-corrected chi connectivity index (χ2v) is 6.65. The molecule has 2 aromatic heterocycles. The highest BCUT2D eigenvalue weighted by Gasteiger charge is 2.35. The van der Waals surface area contributed by atoms with Crippen LogP contribution in [0.3, 0.4) is 0 Å². The zero-order chi connectivity index (χ0) is 18.8. The molecular weight excluding hydrogens is 370 g/mol. The van der Waals surface area contributed by atoms with Gasteiger partial charge in [-0.15, -0.1) is 11.3 Å². The van der Waals surface area contributed by atoms with E-state index in [-0.39, 0.29) is 25.5 Å². The molecule has 0 atom stereocenters. The van der Waals surface area contributed by atoms with E-state index in [2.05, 4.69) is 10.1 Å². The number of benzene rings is 1. The Kier molecular flexibility index (Phi) is 4.51. The number of hydrogen-bond donors (Lipinski definition) is 0. The molecule has 3 aromatic rings. The van der Waals surface area contributed by atoms with E-state index in [0.29, 0.717) is 17.0 Å². The van der Waals surface area contributed by atoms with E-state index < -0.39 is 17.8 Å². The normalized spacial score (nSPS) is 13.1.